The number of fused-ring (bicyclic) bond motifs is 1. The van der Waals surface area contributed by atoms with Crippen molar-refractivity contribution < 1.29 is 23.7 Å². The Balaban J connectivity index is 1.36. The zero-order valence-electron chi connectivity index (χ0n) is 17.1. The molecule has 1 heterocycles. The van der Waals surface area contributed by atoms with Crippen LogP contribution in [0.4, 0.5) is 5.88 Å². The van der Waals surface area contributed by atoms with Crippen LogP contribution >= 0.6 is 0 Å². The second kappa shape index (κ2) is 9.56. The summed E-state index contributed by atoms with van der Waals surface area (Å²) >= 11 is 0. The Morgan fingerprint density at radius 3 is 2.64 bits per heavy atom. The van der Waals surface area contributed by atoms with Crippen molar-refractivity contribution in [2.75, 3.05) is 0 Å². The number of hydrazone groups is 1. The first-order chi connectivity index (χ1) is 16.0. The van der Waals surface area contributed by atoms with Gasteiger partial charge in [0.25, 0.3) is 0 Å². The third kappa shape index (κ3) is 5.28. The summed E-state index contributed by atoms with van der Waals surface area (Å²) in [5.41, 5.74) is 3.95. The number of nitrogens with zero attached hydrogens (tertiary/aromatic N) is 2. The van der Waals surface area contributed by atoms with Crippen LogP contribution < -0.4 is 10.2 Å². The predicted molar refractivity (Wildman–Crippen MR) is 120 cm³/mol. The van der Waals surface area contributed by atoms with E-state index >= 15 is 0 Å². The molecule has 0 saturated carbocycles. The Morgan fingerprint density at radius 2 is 1.82 bits per heavy atom. The molecular weight excluding hydrogens is 426 g/mol. The van der Waals surface area contributed by atoms with Crippen molar-refractivity contribution in [3.8, 4) is 5.75 Å². The fourth-order valence-electron chi connectivity index (χ4n) is 3.19. The molecule has 9 heteroatoms. The molecule has 3 aromatic carbocycles. The molecule has 0 radical (unpaired) electrons. The summed E-state index contributed by atoms with van der Waals surface area (Å²) in [6, 6.07) is 22.2. The third-order valence-electron chi connectivity index (χ3n) is 4.68. The summed E-state index contributed by atoms with van der Waals surface area (Å²) in [6.07, 6.45) is 1.59. The van der Waals surface area contributed by atoms with E-state index in [9.17, 15) is 19.7 Å². The highest BCUT2D eigenvalue weighted by atomic mass is 16.7. The lowest BCUT2D eigenvalue weighted by Crippen LogP contribution is -2.19. The summed E-state index contributed by atoms with van der Waals surface area (Å²) in [7, 11) is 0. The predicted octanol–water partition coefficient (Wildman–Crippen LogP) is 4.25. The highest BCUT2D eigenvalue weighted by Gasteiger charge is 2.19. The van der Waals surface area contributed by atoms with E-state index in [0.29, 0.717) is 5.56 Å². The first-order valence-electron chi connectivity index (χ1n) is 9.84. The average Bonchev–Trinajstić information content (AvgIpc) is 3.31. The summed E-state index contributed by atoms with van der Waals surface area (Å²) in [4.78, 5) is 34.3. The van der Waals surface area contributed by atoms with Gasteiger partial charge in [0.05, 0.1) is 18.7 Å². The maximum absolute atomic E-state index is 12.3. The molecule has 0 aliphatic carbocycles. The van der Waals surface area contributed by atoms with Gasteiger partial charge in [0.2, 0.25) is 11.7 Å². The van der Waals surface area contributed by atoms with E-state index in [0.717, 1.165) is 28.5 Å². The topological polar surface area (TPSA) is 124 Å². The van der Waals surface area contributed by atoms with Gasteiger partial charge < -0.3 is 9.15 Å². The molecule has 4 rings (SSSR count). The summed E-state index contributed by atoms with van der Waals surface area (Å²) < 4.78 is 10.0. The number of rotatable bonds is 7. The number of hydrogen-bond donors (Lipinski definition) is 1. The lowest BCUT2D eigenvalue weighted by Gasteiger charge is -2.05. The first-order valence-corrected chi connectivity index (χ1v) is 9.84. The zero-order valence-corrected chi connectivity index (χ0v) is 17.1. The average molecular weight is 443 g/mol. The van der Waals surface area contributed by atoms with Crippen molar-refractivity contribution in [3.63, 3.8) is 0 Å². The molecule has 0 atom stereocenters. The number of ether oxygens (including phenoxy) is 1. The van der Waals surface area contributed by atoms with E-state index in [1.54, 1.807) is 12.1 Å². The SMILES string of the molecule is O=C(Cc1cccc2ccccc12)NN=Cc1cccc(OC(=O)c2ccc([N+](=O)[O-])o2)c1. The molecule has 0 saturated heterocycles. The van der Waals surface area contributed by atoms with Gasteiger partial charge in [-0.2, -0.15) is 5.10 Å². The standard InChI is InChI=1S/C24H17N3O6/c28-22(14-18-8-4-7-17-6-1-2-10-20(17)18)26-25-15-16-5-3-9-19(13-16)32-24(29)21-11-12-23(33-21)27(30)31/h1-13,15H,14H2,(H,26,28). The Hall–Kier alpha value is -4.79. The smallest absolute Gasteiger partial charge is 0.421 e. The maximum atomic E-state index is 12.3. The Bertz CT molecular complexity index is 1370. The molecule has 1 aromatic heterocycles. The molecule has 0 spiro atoms. The fourth-order valence-corrected chi connectivity index (χ4v) is 3.19. The molecular formula is C24H17N3O6. The molecule has 0 unspecified atom stereocenters. The van der Waals surface area contributed by atoms with Crippen LogP contribution in [0.5, 0.6) is 5.75 Å². The molecule has 164 valence electrons. The molecule has 0 fully saturated rings. The number of esters is 1. The number of nitro groups is 1. The monoisotopic (exact) mass is 443 g/mol. The van der Waals surface area contributed by atoms with E-state index in [-0.39, 0.29) is 23.8 Å². The number of furan rings is 1. The number of nitrogens with one attached hydrogen (secondary N) is 1. The number of carbonyl (C=O) groups excluding carboxylic acids is 2. The number of hydrogen-bond acceptors (Lipinski definition) is 7. The van der Waals surface area contributed by atoms with E-state index in [1.807, 2.05) is 42.5 Å². The maximum Gasteiger partial charge on any atom is 0.433 e. The van der Waals surface area contributed by atoms with Gasteiger partial charge in [-0.05, 0) is 40.1 Å². The van der Waals surface area contributed by atoms with E-state index < -0.39 is 16.8 Å². The van der Waals surface area contributed by atoms with Crippen molar-refractivity contribution >= 4 is 34.7 Å². The van der Waals surface area contributed by atoms with Gasteiger partial charge in [-0.3, -0.25) is 14.9 Å². The minimum absolute atomic E-state index is 0.172. The molecule has 1 N–H and O–H groups in total. The highest BCUT2D eigenvalue weighted by molar-refractivity contribution is 5.91. The van der Waals surface area contributed by atoms with Gasteiger partial charge in [-0.25, -0.2) is 10.2 Å². The molecule has 0 aliphatic heterocycles. The summed E-state index contributed by atoms with van der Waals surface area (Å²) in [6.45, 7) is 0. The van der Waals surface area contributed by atoms with Crippen LogP contribution in [0, 0.1) is 10.1 Å². The lowest BCUT2D eigenvalue weighted by atomic mass is 10.0. The second-order valence-electron chi connectivity index (χ2n) is 6.97. The normalized spacial score (nSPS) is 10.9. The molecule has 9 nitrogen and oxygen atoms in total. The van der Waals surface area contributed by atoms with Gasteiger partial charge in [-0.1, -0.05) is 54.6 Å². The minimum Gasteiger partial charge on any atom is -0.421 e. The van der Waals surface area contributed by atoms with Crippen molar-refractivity contribution in [1.82, 2.24) is 5.43 Å². The Morgan fingerprint density at radius 1 is 1.03 bits per heavy atom. The first kappa shape index (κ1) is 21.4. The zero-order chi connectivity index (χ0) is 23.2. The largest absolute Gasteiger partial charge is 0.433 e. The van der Waals surface area contributed by atoms with Crippen LogP contribution in [0.25, 0.3) is 10.8 Å². The van der Waals surface area contributed by atoms with E-state index in [2.05, 4.69) is 10.5 Å². The van der Waals surface area contributed by atoms with Crippen LogP contribution in [0.2, 0.25) is 0 Å². The van der Waals surface area contributed by atoms with Crippen LogP contribution in [-0.2, 0) is 11.2 Å². The second-order valence-corrected chi connectivity index (χ2v) is 6.97. The van der Waals surface area contributed by atoms with Gasteiger partial charge in [0, 0.05) is 0 Å². The molecule has 33 heavy (non-hydrogen) atoms. The third-order valence-corrected chi connectivity index (χ3v) is 4.68. The van der Waals surface area contributed by atoms with Crippen LogP contribution in [0.1, 0.15) is 21.7 Å². The number of benzene rings is 3. The molecule has 4 aromatic rings. The lowest BCUT2D eigenvalue weighted by molar-refractivity contribution is -0.402. The minimum atomic E-state index is -0.874. The van der Waals surface area contributed by atoms with Crippen LogP contribution in [-0.4, -0.2) is 23.0 Å². The van der Waals surface area contributed by atoms with Crippen LogP contribution in [0.15, 0.2) is 88.4 Å². The molecule has 1 amide bonds. The van der Waals surface area contributed by atoms with Crippen molar-refractivity contribution in [3.05, 3.63) is 106 Å². The van der Waals surface area contributed by atoms with Crippen molar-refractivity contribution in [2.24, 2.45) is 5.10 Å². The van der Waals surface area contributed by atoms with Gasteiger partial charge in [0.1, 0.15) is 10.7 Å². The van der Waals surface area contributed by atoms with Crippen LogP contribution in [0.3, 0.4) is 0 Å². The molecule has 0 aliphatic rings. The Kier molecular flexibility index (Phi) is 6.21. The summed E-state index contributed by atoms with van der Waals surface area (Å²) in [5.74, 6) is -1.81. The fraction of sp³-hybridized carbons (Fsp3) is 0.0417. The Labute approximate surface area is 187 Å². The quantitative estimate of drug-likeness (QED) is 0.150. The van der Waals surface area contributed by atoms with Gasteiger partial charge in [-0.15, -0.1) is 0 Å². The van der Waals surface area contributed by atoms with E-state index in [4.69, 9.17) is 9.15 Å². The molecule has 0 bridgehead atoms. The van der Waals surface area contributed by atoms with Gasteiger partial charge >= 0.3 is 11.9 Å². The highest BCUT2D eigenvalue weighted by Crippen LogP contribution is 2.20. The van der Waals surface area contributed by atoms with Crippen molar-refractivity contribution in [1.29, 1.82) is 0 Å². The number of amides is 1. The van der Waals surface area contributed by atoms with E-state index in [1.165, 1.54) is 18.3 Å². The summed E-state index contributed by atoms with van der Waals surface area (Å²) in [5, 5.41) is 16.7. The van der Waals surface area contributed by atoms with Crippen molar-refractivity contribution in [2.45, 2.75) is 6.42 Å². The van der Waals surface area contributed by atoms with Gasteiger partial charge in [0.15, 0.2) is 0 Å². The number of carbonyl (C=O) groups is 2.